The number of hydrogen-bond donors (Lipinski definition) is 2. The quantitative estimate of drug-likeness (QED) is 0.624. The van der Waals surface area contributed by atoms with Crippen molar-refractivity contribution in [2.45, 2.75) is 50.5 Å². The molecule has 0 radical (unpaired) electrons. The Bertz CT molecular complexity index is 302. The van der Waals surface area contributed by atoms with E-state index in [2.05, 4.69) is 22.1 Å². The maximum Gasteiger partial charge on any atom is 0.0771 e. The molecular weight excluding hydrogens is 230 g/mol. The van der Waals surface area contributed by atoms with Crippen LogP contribution in [0.15, 0.2) is 16.8 Å². The Morgan fingerprint density at radius 3 is 2.65 bits per heavy atom. The lowest BCUT2D eigenvalue weighted by Crippen LogP contribution is -2.40. The van der Waals surface area contributed by atoms with Crippen molar-refractivity contribution in [2.24, 2.45) is 0 Å². The van der Waals surface area contributed by atoms with Gasteiger partial charge in [-0.1, -0.05) is 25.7 Å². The van der Waals surface area contributed by atoms with Crippen molar-refractivity contribution < 1.29 is 5.11 Å². The highest BCUT2D eigenvalue weighted by Crippen LogP contribution is 2.26. The minimum atomic E-state index is -0.439. The van der Waals surface area contributed by atoms with Crippen LogP contribution in [-0.2, 0) is 6.42 Å². The predicted octanol–water partition coefficient (Wildman–Crippen LogP) is 2.97. The summed E-state index contributed by atoms with van der Waals surface area (Å²) < 4.78 is 0. The average Bonchev–Trinajstić information content (AvgIpc) is 2.74. The van der Waals surface area contributed by atoms with Gasteiger partial charge in [-0.3, -0.25) is 0 Å². The minimum absolute atomic E-state index is 0.439. The van der Waals surface area contributed by atoms with Crippen molar-refractivity contribution in [3.05, 3.63) is 22.4 Å². The molecule has 0 unspecified atom stereocenters. The lowest BCUT2D eigenvalue weighted by atomic mass is 9.94. The van der Waals surface area contributed by atoms with Gasteiger partial charge in [-0.15, -0.1) is 0 Å². The third-order valence-electron chi connectivity index (χ3n) is 3.66. The average molecular weight is 253 g/mol. The summed E-state index contributed by atoms with van der Waals surface area (Å²) in [5.74, 6) is 0. The molecule has 0 saturated heterocycles. The Morgan fingerprint density at radius 1 is 1.24 bits per heavy atom. The summed E-state index contributed by atoms with van der Waals surface area (Å²) in [6.45, 7) is 1.73. The molecule has 1 aromatic heterocycles. The van der Waals surface area contributed by atoms with E-state index in [-0.39, 0.29) is 0 Å². The monoisotopic (exact) mass is 253 g/mol. The molecule has 1 aliphatic rings. The largest absolute Gasteiger partial charge is 0.389 e. The van der Waals surface area contributed by atoms with E-state index in [4.69, 9.17) is 0 Å². The van der Waals surface area contributed by atoms with Crippen LogP contribution in [0.5, 0.6) is 0 Å². The first-order valence-corrected chi connectivity index (χ1v) is 7.67. The molecular formula is C14H23NOS. The first-order chi connectivity index (χ1) is 8.29. The van der Waals surface area contributed by atoms with Gasteiger partial charge < -0.3 is 10.4 Å². The summed E-state index contributed by atoms with van der Waals surface area (Å²) in [6, 6.07) is 2.17. The summed E-state index contributed by atoms with van der Waals surface area (Å²) in [6.07, 6.45) is 7.95. The number of thiophene rings is 1. The fourth-order valence-corrected chi connectivity index (χ4v) is 3.26. The maximum absolute atomic E-state index is 10.4. The molecule has 0 aliphatic heterocycles. The molecule has 1 aromatic rings. The first-order valence-electron chi connectivity index (χ1n) is 6.73. The molecule has 0 atom stereocenters. The number of rotatable bonds is 5. The Labute approximate surface area is 108 Å². The van der Waals surface area contributed by atoms with E-state index < -0.39 is 5.60 Å². The van der Waals surface area contributed by atoms with Crippen LogP contribution in [0, 0.1) is 0 Å². The van der Waals surface area contributed by atoms with Crippen molar-refractivity contribution in [3.63, 3.8) is 0 Å². The van der Waals surface area contributed by atoms with Crippen LogP contribution in [0.4, 0.5) is 0 Å². The summed E-state index contributed by atoms with van der Waals surface area (Å²) in [4.78, 5) is 0. The molecule has 17 heavy (non-hydrogen) atoms. The summed E-state index contributed by atoms with van der Waals surface area (Å²) in [5, 5.41) is 18.2. The summed E-state index contributed by atoms with van der Waals surface area (Å²) in [5.41, 5.74) is 0.959. The second-order valence-electron chi connectivity index (χ2n) is 5.20. The van der Waals surface area contributed by atoms with Crippen LogP contribution in [-0.4, -0.2) is 23.8 Å². The van der Waals surface area contributed by atoms with Crippen molar-refractivity contribution in [3.8, 4) is 0 Å². The third-order valence-corrected chi connectivity index (χ3v) is 4.39. The smallest absolute Gasteiger partial charge is 0.0771 e. The Hall–Kier alpha value is -0.380. The lowest BCUT2D eigenvalue weighted by Gasteiger charge is -2.26. The van der Waals surface area contributed by atoms with Crippen LogP contribution < -0.4 is 5.32 Å². The van der Waals surface area contributed by atoms with Gasteiger partial charge in [-0.25, -0.2) is 0 Å². The van der Waals surface area contributed by atoms with Gasteiger partial charge in [0.1, 0.15) is 0 Å². The second-order valence-corrected chi connectivity index (χ2v) is 5.98. The Balaban J connectivity index is 1.66. The predicted molar refractivity (Wildman–Crippen MR) is 73.5 cm³/mol. The van der Waals surface area contributed by atoms with Gasteiger partial charge in [0.05, 0.1) is 5.60 Å². The van der Waals surface area contributed by atoms with E-state index in [1.807, 2.05) is 0 Å². The van der Waals surface area contributed by atoms with Crippen LogP contribution in [0.3, 0.4) is 0 Å². The van der Waals surface area contributed by atoms with Crippen molar-refractivity contribution in [1.82, 2.24) is 5.32 Å². The highest BCUT2D eigenvalue weighted by atomic mass is 32.1. The SMILES string of the molecule is OC1(CNCCc2ccsc2)CCCCCC1. The van der Waals surface area contributed by atoms with Crippen LogP contribution in [0.1, 0.15) is 44.1 Å². The molecule has 1 aliphatic carbocycles. The number of hydrogen-bond acceptors (Lipinski definition) is 3. The van der Waals surface area contributed by atoms with Crippen LogP contribution >= 0.6 is 11.3 Å². The topological polar surface area (TPSA) is 32.3 Å². The van der Waals surface area contributed by atoms with E-state index in [9.17, 15) is 5.11 Å². The number of aliphatic hydroxyl groups is 1. The molecule has 2 rings (SSSR count). The first kappa shape index (κ1) is 13.1. The minimum Gasteiger partial charge on any atom is -0.389 e. The Kier molecular flexibility index (Phi) is 5.01. The lowest BCUT2D eigenvalue weighted by molar-refractivity contribution is 0.0256. The highest BCUT2D eigenvalue weighted by molar-refractivity contribution is 7.07. The molecule has 1 fully saturated rings. The molecule has 0 bridgehead atoms. The standard InChI is InChI=1S/C14H23NOS/c16-14(7-3-1-2-4-8-14)12-15-9-5-13-6-10-17-11-13/h6,10-11,15-16H,1-5,7-9,12H2. The summed E-state index contributed by atoms with van der Waals surface area (Å²) >= 11 is 1.75. The van der Waals surface area contributed by atoms with Gasteiger partial charge in [0.2, 0.25) is 0 Å². The maximum atomic E-state index is 10.4. The normalized spacial score (nSPS) is 20.1. The number of nitrogens with one attached hydrogen (secondary N) is 1. The molecule has 1 heterocycles. The van der Waals surface area contributed by atoms with E-state index in [1.54, 1.807) is 11.3 Å². The van der Waals surface area contributed by atoms with Crippen LogP contribution in [0.25, 0.3) is 0 Å². The Morgan fingerprint density at radius 2 is 2.00 bits per heavy atom. The molecule has 2 nitrogen and oxygen atoms in total. The molecule has 0 amide bonds. The zero-order valence-corrected chi connectivity index (χ0v) is 11.3. The molecule has 1 saturated carbocycles. The fraction of sp³-hybridized carbons (Fsp3) is 0.714. The molecule has 2 N–H and O–H groups in total. The van der Waals surface area contributed by atoms with Gasteiger partial charge in [0.25, 0.3) is 0 Å². The third kappa shape index (κ3) is 4.41. The van der Waals surface area contributed by atoms with E-state index in [1.165, 1.54) is 31.2 Å². The van der Waals surface area contributed by atoms with Gasteiger partial charge >= 0.3 is 0 Å². The molecule has 3 heteroatoms. The zero-order chi connectivity index (χ0) is 12.0. The summed E-state index contributed by atoms with van der Waals surface area (Å²) in [7, 11) is 0. The van der Waals surface area contributed by atoms with Gasteiger partial charge in [-0.2, -0.15) is 11.3 Å². The highest BCUT2D eigenvalue weighted by Gasteiger charge is 2.27. The van der Waals surface area contributed by atoms with Gasteiger partial charge in [0.15, 0.2) is 0 Å². The second kappa shape index (κ2) is 6.53. The zero-order valence-electron chi connectivity index (χ0n) is 10.5. The molecule has 0 spiro atoms. The van der Waals surface area contributed by atoms with Crippen LogP contribution in [0.2, 0.25) is 0 Å². The fourth-order valence-electron chi connectivity index (χ4n) is 2.55. The van der Waals surface area contributed by atoms with E-state index in [0.29, 0.717) is 0 Å². The van der Waals surface area contributed by atoms with Crippen molar-refractivity contribution >= 4 is 11.3 Å². The van der Waals surface area contributed by atoms with Gasteiger partial charge in [0, 0.05) is 6.54 Å². The molecule has 96 valence electrons. The molecule has 0 aromatic carbocycles. The van der Waals surface area contributed by atoms with E-state index in [0.717, 1.165) is 32.4 Å². The van der Waals surface area contributed by atoms with Crippen molar-refractivity contribution in [2.75, 3.05) is 13.1 Å². The van der Waals surface area contributed by atoms with Crippen molar-refractivity contribution in [1.29, 1.82) is 0 Å². The van der Waals surface area contributed by atoms with Gasteiger partial charge in [-0.05, 0) is 48.2 Å². The van der Waals surface area contributed by atoms with E-state index >= 15 is 0 Å².